The molecule has 2 aliphatic heterocycles. The minimum absolute atomic E-state index is 0.538. The van der Waals surface area contributed by atoms with Crippen LogP contribution in [0, 0.1) is 0 Å². The molecule has 0 aromatic carbocycles. The summed E-state index contributed by atoms with van der Waals surface area (Å²) in [5, 5.41) is 0. The number of hydrogen-bond acceptors (Lipinski definition) is 5. The summed E-state index contributed by atoms with van der Waals surface area (Å²) >= 11 is 0. The third-order valence-corrected chi connectivity index (χ3v) is 2.13. The highest BCUT2D eigenvalue weighted by atomic mass is 16.6. The van der Waals surface area contributed by atoms with Crippen LogP contribution < -0.4 is 0 Å². The van der Waals surface area contributed by atoms with Crippen molar-refractivity contribution in [1.82, 2.24) is 0 Å². The zero-order valence-electron chi connectivity index (χ0n) is 7.02. The van der Waals surface area contributed by atoms with Gasteiger partial charge in [0.15, 0.2) is 12.2 Å². The maximum absolute atomic E-state index is 11.1. The Balaban J connectivity index is 1.75. The standard InChI is InChI=1S/C8H10O5/c9-7(5-1-3-11-5)13-8(10)6-2-4-12-6/h5-6H,1-4H2. The van der Waals surface area contributed by atoms with E-state index in [0.717, 1.165) is 0 Å². The van der Waals surface area contributed by atoms with Gasteiger partial charge in [-0.15, -0.1) is 0 Å². The molecule has 72 valence electrons. The fourth-order valence-electron chi connectivity index (χ4n) is 1.07. The second-order valence-corrected chi connectivity index (χ2v) is 3.04. The molecule has 2 aliphatic rings. The summed E-state index contributed by atoms with van der Waals surface area (Å²) in [6.45, 7) is 1.13. The van der Waals surface area contributed by atoms with Crippen LogP contribution in [-0.2, 0) is 23.8 Å². The Kier molecular flexibility index (Phi) is 2.28. The maximum Gasteiger partial charge on any atom is 0.343 e. The van der Waals surface area contributed by atoms with Crippen LogP contribution >= 0.6 is 0 Å². The molecule has 0 amide bonds. The largest absolute Gasteiger partial charge is 0.389 e. The highest BCUT2D eigenvalue weighted by Crippen LogP contribution is 2.16. The van der Waals surface area contributed by atoms with Gasteiger partial charge in [-0.25, -0.2) is 9.59 Å². The average Bonchev–Trinajstić information content (AvgIpc) is 1.76. The van der Waals surface area contributed by atoms with Gasteiger partial charge in [0.1, 0.15) is 0 Å². The van der Waals surface area contributed by atoms with Crippen LogP contribution in [0.3, 0.4) is 0 Å². The van der Waals surface area contributed by atoms with Crippen molar-refractivity contribution in [3.05, 3.63) is 0 Å². The predicted molar refractivity (Wildman–Crippen MR) is 39.8 cm³/mol. The SMILES string of the molecule is O=C(OC(=O)C1CCO1)C1CCO1. The van der Waals surface area contributed by atoms with Crippen molar-refractivity contribution < 1.29 is 23.8 Å². The first kappa shape index (κ1) is 8.65. The molecule has 2 heterocycles. The lowest BCUT2D eigenvalue weighted by Gasteiger charge is -2.27. The van der Waals surface area contributed by atoms with E-state index in [1.165, 1.54) is 0 Å². The van der Waals surface area contributed by atoms with Crippen molar-refractivity contribution in [2.45, 2.75) is 25.0 Å². The molecule has 13 heavy (non-hydrogen) atoms. The van der Waals surface area contributed by atoms with Gasteiger partial charge in [0.2, 0.25) is 0 Å². The minimum Gasteiger partial charge on any atom is -0.389 e. The second-order valence-electron chi connectivity index (χ2n) is 3.04. The summed E-state index contributed by atoms with van der Waals surface area (Å²) in [6.07, 6.45) is 0.197. The second kappa shape index (κ2) is 3.43. The van der Waals surface area contributed by atoms with Crippen LogP contribution in [-0.4, -0.2) is 37.4 Å². The van der Waals surface area contributed by atoms with E-state index in [2.05, 4.69) is 4.74 Å². The van der Waals surface area contributed by atoms with E-state index in [1.807, 2.05) is 0 Å². The Morgan fingerprint density at radius 3 is 1.62 bits per heavy atom. The molecule has 2 fully saturated rings. The Morgan fingerprint density at radius 1 is 1.00 bits per heavy atom. The van der Waals surface area contributed by atoms with E-state index >= 15 is 0 Å². The van der Waals surface area contributed by atoms with Gasteiger partial charge in [0, 0.05) is 12.8 Å². The summed E-state index contributed by atoms with van der Waals surface area (Å²) < 4.78 is 14.2. The molecular weight excluding hydrogens is 176 g/mol. The molecule has 0 N–H and O–H groups in total. The van der Waals surface area contributed by atoms with E-state index in [0.29, 0.717) is 26.1 Å². The molecule has 0 aliphatic carbocycles. The van der Waals surface area contributed by atoms with Crippen molar-refractivity contribution in [2.75, 3.05) is 13.2 Å². The molecule has 2 unspecified atom stereocenters. The summed E-state index contributed by atoms with van der Waals surface area (Å²) in [5.41, 5.74) is 0. The predicted octanol–water partition coefficient (Wildman–Crippen LogP) is -0.366. The molecule has 5 nitrogen and oxygen atoms in total. The van der Waals surface area contributed by atoms with E-state index in [-0.39, 0.29) is 0 Å². The zero-order chi connectivity index (χ0) is 9.26. The molecule has 0 bridgehead atoms. The Morgan fingerprint density at radius 2 is 1.38 bits per heavy atom. The van der Waals surface area contributed by atoms with Gasteiger partial charge >= 0.3 is 11.9 Å². The van der Waals surface area contributed by atoms with Crippen LogP contribution in [0.2, 0.25) is 0 Å². The normalized spacial score (nSPS) is 31.4. The van der Waals surface area contributed by atoms with Crippen molar-refractivity contribution >= 4 is 11.9 Å². The first-order valence-corrected chi connectivity index (χ1v) is 4.26. The fourth-order valence-corrected chi connectivity index (χ4v) is 1.07. The summed E-state index contributed by atoms with van der Waals surface area (Å²) in [5.74, 6) is -1.18. The summed E-state index contributed by atoms with van der Waals surface area (Å²) in [6, 6.07) is 0. The molecule has 2 rings (SSSR count). The zero-order valence-corrected chi connectivity index (χ0v) is 7.02. The molecule has 0 spiro atoms. The quantitative estimate of drug-likeness (QED) is 0.435. The van der Waals surface area contributed by atoms with Crippen molar-refractivity contribution in [1.29, 1.82) is 0 Å². The number of carbonyl (C=O) groups is 2. The van der Waals surface area contributed by atoms with E-state index in [9.17, 15) is 9.59 Å². The van der Waals surface area contributed by atoms with Gasteiger partial charge in [0.05, 0.1) is 13.2 Å². The van der Waals surface area contributed by atoms with Gasteiger partial charge in [-0.3, -0.25) is 0 Å². The Labute approximate surface area is 74.9 Å². The number of esters is 2. The number of hydrogen-bond donors (Lipinski definition) is 0. The molecule has 5 heteroatoms. The molecule has 2 saturated heterocycles. The number of rotatable bonds is 2. The van der Waals surface area contributed by atoms with Gasteiger partial charge in [-0.2, -0.15) is 0 Å². The highest BCUT2D eigenvalue weighted by molar-refractivity contribution is 5.90. The lowest BCUT2D eigenvalue weighted by molar-refractivity contribution is -0.188. The van der Waals surface area contributed by atoms with E-state index in [4.69, 9.17) is 9.47 Å². The topological polar surface area (TPSA) is 61.8 Å². The van der Waals surface area contributed by atoms with E-state index in [1.54, 1.807) is 0 Å². The number of ether oxygens (including phenoxy) is 3. The van der Waals surface area contributed by atoms with Gasteiger partial charge in [0.25, 0.3) is 0 Å². The highest BCUT2D eigenvalue weighted by Gasteiger charge is 2.34. The lowest BCUT2D eigenvalue weighted by atomic mass is 10.2. The smallest absolute Gasteiger partial charge is 0.343 e. The average molecular weight is 186 g/mol. The van der Waals surface area contributed by atoms with Crippen LogP contribution in [0.1, 0.15) is 12.8 Å². The molecule has 0 radical (unpaired) electrons. The first-order chi connectivity index (χ1) is 6.27. The molecule has 2 atom stereocenters. The van der Waals surface area contributed by atoms with Crippen molar-refractivity contribution in [2.24, 2.45) is 0 Å². The maximum atomic E-state index is 11.1. The molecular formula is C8H10O5. The Hall–Kier alpha value is -0.940. The van der Waals surface area contributed by atoms with Crippen LogP contribution in [0.25, 0.3) is 0 Å². The summed E-state index contributed by atoms with van der Waals surface area (Å²) in [7, 11) is 0. The van der Waals surface area contributed by atoms with Crippen molar-refractivity contribution in [3.63, 3.8) is 0 Å². The summed E-state index contributed by atoms with van der Waals surface area (Å²) in [4.78, 5) is 22.1. The van der Waals surface area contributed by atoms with Crippen LogP contribution in [0.15, 0.2) is 0 Å². The van der Waals surface area contributed by atoms with Gasteiger partial charge < -0.3 is 14.2 Å². The van der Waals surface area contributed by atoms with E-state index < -0.39 is 24.1 Å². The van der Waals surface area contributed by atoms with Crippen LogP contribution in [0.4, 0.5) is 0 Å². The Bertz CT molecular complexity index is 205. The number of carbonyl (C=O) groups excluding carboxylic acids is 2. The minimum atomic E-state index is -0.591. The fraction of sp³-hybridized carbons (Fsp3) is 0.750. The van der Waals surface area contributed by atoms with Crippen molar-refractivity contribution in [3.8, 4) is 0 Å². The third kappa shape index (κ3) is 1.71. The molecule has 0 aromatic rings. The first-order valence-electron chi connectivity index (χ1n) is 4.26. The molecule has 0 aromatic heterocycles. The van der Waals surface area contributed by atoms with Gasteiger partial charge in [-0.1, -0.05) is 0 Å². The lowest BCUT2D eigenvalue weighted by Crippen LogP contribution is -2.42. The monoisotopic (exact) mass is 186 g/mol. The molecule has 0 saturated carbocycles. The third-order valence-electron chi connectivity index (χ3n) is 2.13. The van der Waals surface area contributed by atoms with Crippen LogP contribution in [0.5, 0.6) is 0 Å². The van der Waals surface area contributed by atoms with Gasteiger partial charge in [-0.05, 0) is 0 Å².